The summed E-state index contributed by atoms with van der Waals surface area (Å²) >= 11 is 3.46. The topological polar surface area (TPSA) is 64.9 Å². The second-order valence-corrected chi connectivity index (χ2v) is 5.51. The first-order chi connectivity index (χ1) is 7.96. The van der Waals surface area contributed by atoms with E-state index in [9.17, 15) is 0 Å². The van der Waals surface area contributed by atoms with Crippen molar-refractivity contribution in [3.05, 3.63) is 34.6 Å². The van der Waals surface area contributed by atoms with Gasteiger partial charge in [0, 0.05) is 22.0 Å². The van der Waals surface area contributed by atoms with Gasteiger partial charge in [0.05, 0.1) is 0 Å². The molecule has 0 aliphatic rings. The van der Waals surface area contributed by atoms with Gasteiger partial charge in [-0.2, -0.15) is 4.98 Å². The summed E-state index contributed by atoms with van der Waals surface area (Å²) in [5.74, 6) is 1.14. The van der Waals surface area contributed by atoms with Gasteiger partial charge in [-0.3, -0.25) is 0 Å². The monoisotopic (exact) mass is 295 g/mol. The predicted octanol–water partition coefficient (Wildman–Crippen LogP) is 2.78. The number of hydrogen-bond donors (Lipinski definition) is 1. The molecule has 1 aromatic carbocycles. The van der Waals surface area contributed by atoms with Gasteiger partial charge in [-0.15, -0.1) is 0 Å². The standard InChI is InChI=1S/C12H14BrN3O/c1-12(2,14)7-10-15-11(16-17-10)8-5-3-4-6-9(8)13/h3-6H,7,14H2,1-2H3. The molecule has 2 rings (SSSR count). The van der Waals surface area contributed by atoms with Gasteiger partial charge < -0.3 is 10.3 Å². The molecule has 90 valence electrons. The second-order valence-electron chi connectivity index (χ2n) is 4.66. The summed E-state index contributed by atoms with van der Waals surface area (Å²) in [4.78, 5) is 4.34. The lowest BCUT2D eigenvalue weighted by atomic mass is 10.0. The van der Waals surface area contributed by atoms with E-state index in [0.29, 0.717) is 18.1 Å². The van der Waals surface area contributed by atoms with Crippen LogP contribution in [0.1, 0.15) is 19.7 Å². The van der Waals surface area contributed by atoms with Gasteiger partial charge >= 0.3 is 0 Å². The summed E-state index contributed by atoms with van der Waals surface area (Å²) in [5.41, 5.74) is 6.47. The zero-order chi connectivity index (χ0) is 12.5. The van der Waals surface area contributed by atoms with Crippen LogP contribution in [0.4, 0.5) is 0 Å². The van der Waals surface area contributed by atoms with E-state index in [-0.39, 0.29) is 5.54 Å². The van der Waals surface area contributed by atoms with E-state index < -0.39 is 0 Å². The zero-order valence-electron chi connectivity index (χ0n) is 9.77. The molecule has 2 N–H and O–H groups in total. The summed E-state index contributed by atoms with van der Waals surface area (Å²) in [7, 11) is 0. The van der Waals surface area contributed by atoms with Gasteiger partial charge in [0.15, 0.2) is 0 Å². The van der Waals surface area contributed by atoms with Crippen LogP contribution in [0.15, 0.2) is 33.3 Å². The number of hydrogen-bond acceptors (Lipinski definition) is 4. The van der Waals surface area contributed by atoms with E-state index in [4.69, 9.17) is 10.3 Å². The fourth-order valence-corrected chi connectivity index (χ4v) is 1.93. The van der Waals surface area contributed by atoms with Crippen LogP contribution < -0.4 is 5.73 Å². The first kappa shape index (κ1) is 12.3. The van der Waals surface area contributed by atoms with E-state index in [1.54, 1.807) is 0 Å². The highest BCUT2D eigenvalue weighted by molar-refractivity contribution is 9.10. The Bertz CT molecular complexity index is 516. The van der Waals surface area contributed by atoms with Crippen molar-refractivity contribution >= 4 is 15.9 Å². The Kier molecular flexibility index (Phi) is 3.31. The Labute approximate surface area is 108 Å². The number of nitrogens with zero attached hydrogens (tertiary/aromatic N) is 2. The van der Waals surface area contributed by atoms with Gasteiger partial charge in [0.25, 0.3) is 0 Å². The van der Waals surface area contributed by atoms with E-state index in [0.717, 1.165) is 10.0 Å². The molecule has 17 heavy (non-hydrogen) atoms. The molecule has 0 saturated carbocycles. The molecule has 1 heterocycles. The number of rotatable bonds is 3. The van der Waals surface area contributed by atoms with Gasteiger partial charge in [-0.1, -0.05) is 33.2 Å². The third kappa shape index (κ3) is 3.14. The smallest absolute Gasteiger partial charge is 0.228 e. The predicted molar refractivity (Wildman–Crippen MR) is 69.4 cm³/mol. The molecule has 0 atom stereocenters. The zero-order valence-corrected chi connectivity index (χ0v) is 11.4. The van der Waals surface area contributed by atoms with E-state index >= 15 is 0 Å². The molecule has 0 fully saturated rings. The first-order valence-corrected chi connectivity index (χ1v) is 6.11. The summed E-state index contributed by atoms with van der Waals surface area (Å²) in [6.07, 6.45) is 0.560. The molecule has 4 nitrogen and oxygen atoms in total. The normalized spacial score (nSPS) is 11.8. The molecule has 0 bridgehead atoms. The van der Waals surface area contributed by atoms with Crippen molar-refractivity contribution in [3.8, 4) is 11.4 Å². The van der Waals surface area contributed by atoms with E-state index in [2.05, 4.69) is 26.1 Å². The van der Waals surface area contributed by atoms with Crippen LogP contribution in [-0.2, 0) is 6.42 Å². The highest BCUT2D eigenvalue weighted by Crippen LogP contribution is 2.25. The van der Waals surface area contributed by atoms with Gasteiger partial charge in [-0.05, 0) is 26.0 Å². The third-order valence-corrected chi connectivity index (χ3v) is 2.88. The maximum absolute atomic E-state index is 5.91. The van der Waals surface area contributed by atoms with Crippen molar-refractivity contribution in [1.82, 2.24) is 10.1 Å². The quantitative estimate of drug-likeness (QED) is 0.946. The van der Waals surface area contributed by atoms with Crippen molar-refractivity contribution in [2.45, 2.75) is 25.8 Å². The average Bonchev–Trinajstić information content (AvgIpc) is 2.64. The van der Waals surface area contributed by atoms with Crippen LogP contribution in [0, 0.1) is 0 Å². The van der Waals surface area contributed by atoms with Crippen molar-refractivity contribution < 1.29 is 4.52 Å². The van der Waals surface area contributed by atoms with Crippen molar-refractivity contribution in [3.63, 3.8) is 0 Å². The molecule has 0 unspecified atom stereocenters. The third-order valence-electron chi connectivity index (χ3n) is 2.19. The number of nitrogens with two attached hydrogens (primary N) is 1. The van der Waals surface area contributed by atoms with Crippen LogP contribution in [0.3, 0.4) is 0 Å². The summed E-state index contributed by atoms with van der Waals surface area (Å²) in [5, 5.41) is 3.96. The Balaban J connectivity index is 2.28. The molecule has 2 aromatic rings. The van der Waals surface area contributed by atoms with Crippen molar-refractivity contribution in [1.29, 1.82) is 0 Å². The highest BCUT2D eigenvalue weighted by atomic mass is 79.9. The largest absolute Gasteiger partial charge is 0.339 e. The summed E-state index contributed by atoms with van der Waals surface area (Å²) in [6, 6.07) is 7.76. The first-order valence-electron chi connectivity index (χ1n) is 5.32. The lowest BCUT2D eigenvalue weighted by Crippen LogP contribution is -2.34. The maximum Gasteiger partial charge on any atom is 0.228 e. The molecule has 0 aliphatic carbocycles. The van der Waals surface area contributed by atoms with Crippen LogP contribution in [0.5, 0.6) is 0 Å². The van der Waals surface area contributed by atoms with Gasteiger partial charge in [0.2, 0.25) is 11.7 Å². The lowest BCUT2D eigenvalue weighted by Gasteiger charge is -2.14. The SMILES string of the molecule is CC(C)(N)Cc1nc(-c2ccccc2Br)no1. The van der Waals surface area contributed by atoms with Gasteiger partial charge in [0.1, 0.15) is 0 Å². The highest BCUT2D eigenvalue weighted by Gasteiger charge is 2.18. The average molecular weight is 296 g/mol. The number of aromatic nitrogens is 2. The number of benzene rings is 1. The Hall–Kier alpha value is -1.20. The van der Waals surface area contributed by atoms with Crippen molar-refractivity contribution in [2.24, 2.45) is 5.73 Å². The summed E-state index contributed by atoms with van der Waals surface area (Å²) < 4.78 is 6.13. The molecular formula is C12H14BrN3O. The number of halogens is 1. The Morgan fingerprint density at radius 3 is 2.71 bits per heavy atom. The van der Waals surface area contributed by atoms with Crippen molar-refractivity contribution in [2.75, 3.05) is 0 Å². The Morgan fingerprint density at radius 1 is 1.35 bits per heavy atom. The summed E-state index contributed by atoms with van der Waals surface area (Å²) in [6.45, 7) is 3.85. The molecule has 0 amide bonds. The molecule has 0 aliphatic heterocycles. The van der Waals surface area contributed by atoms with E-state index in [1.807, 2.05) is 38.1 Å². The fourth-order valence-electron chi connectivity index (χ4n) is 1.47. The minimum Gasteiger partial charge on any atom is -0.339 e. The van der Waals surface area contributed by atoms with Crippen LogP contribution in [0.2, 0.25) is 0 Å². The molecular weight excluding hydrogens is 282 g/mol. The van der Waals surface area contributed by atoms with Gasteiger partial charge in [-0.25, -0.2) is 0 Å². The molecule has 0 saturated heterocycles. The molecule has 0 radical (unpaired) electrons. The molecule has 1 aromatic heterocycles. The van der Waals surface area contributed by atoms with E-state index in [1.165, 1.54) is 0 Å². The minimum absolute atomic E-state index is 0.349. The minimum atomic E-state index is -0.349. The molecule has 5 heteroatoms. The maximum atomic E-state index is 5.91. The lowest BCUT2D eigenvalue weighted by molar-refractivity contribution is 0.348. The fraction of sp³-hybridized carbons (Fsp3) is 0.333. The van der Waals surface area contributed by atoms with Crippen LogP contribution >= 0.6 is 15.9 Å². The van der Waals surface area contributed by atoms with Crippen LogP contribution in [-0.4, -0.2) is 15.7 Å². The molecule has 0 spiro atoms. The Morgan fingerprint density at radius 2 is 2.06 bits per heavy atom. The second kappa shape index (κ2) is 4.58. The van der Waals surface area contributed by atoms with Crippen LogP contribution in [0.25, 0.3) is 11.4 Å².